The van der Waals surface area contributed by atoms with Crippen LogP contribution < -0.4 is 5.32 Å². The van der Waals surface area contributed by atoms with E-state index in [0.29, 0.717) is 5.69 Å². The highest BCUT2D eigenvalue weighted by Gasteiger charge is 2.26. The molecule has 2 N–H and O–H groups in total. The number of rotatable bonds is 7. The standard InChI is InChI=1S/C19H31N3O6/c1-11(2)15(12(3)4)27-18(26)22-9-13(20-10-22)8-14(16(23)24)21-17(25)28-19(5,6)7/h9-12,14-15H,8H2,1-7H3,(H,21,25)(H,23,24)/t14-/m0/s1. The fourth-order valence-corrected chi connectivity index (χ4v) is 2.65. The minimum Gasteiger partial charge on any atom is -0.480 e. The number of imidazole rings is 1. The van der Waals surface area contributed by atoms with Crippen molar-refractivity contribution in [3.63, 3.8) is 0 Å². The van der Waals surface area contributed by atoms with E-state index in [-0.39, 0.29) is 24.4 Å². The quantitative estimate of drug-likeness (QED) is 0.725. The molecule has 0 radical (unpaired) electrons. The van der Waals surface area contributed by atoms with Crippen LogP contribution in [0.15, 0.2) is 12.5 Å². The summed E-state index contributed by atoms with van der Waals surface area (Å²) in [5.41, 5.74) is -0.423. The van der Waals surface area contributed by atoms with Crippen LogP contribution in [-0.2, 0) is 20.7 Å². The Balaban J connectivity index is 2.79. The predicted molar refractivity (Wildman–Crippen MR) is 102 cm³/mol. The van der Waals surface area contributed by atoms with Gasteiger partial charge in [0.1, 0.15) is 24.1 Å². The van der Waals surface area contributed by atoms with Crippen LogP contribution in [0.4, 0.5) is 9.59 Å². The lowest BCUT2D eigenvalue weighted by atomic mass is 9.96. The maximum atomic E-state index is 12.3. The van der Waals surface area contributed by atoms with Gasteiger partial charge >= 0.3 is 18.2 Å². The molecule has 0 aliphatic rings. The summed E-state index contributed by atoms with van der Waals surface area (Å²) in [6.07, 6.45) is 0.883. The number of carbonyl (C=O) groups excluding carboxylic acids is 2. The third-order valence-corrected chi connectivity index (χ3v) is 3.80. The van der Waals surface area contributed by atoms with Crippen molar-refractivity contribution in [1.82, 2.24) is 14.9 Å². The molecule has 1 aromatic rings. The van der Waals surface area contributed by atoms with E-state index in [1.807, 2.05) is 27.7 Å². The molecule has 1 heterocycles. The first-order valence-electron chi connectivity index (χ1n) is 9.26. The topological polar surface area (TPSA) is 120 Å². The lowest BCUT2D eigenvalue weighted by molar-refractivity contribution is -0.139. The molecule has 0 saturated carbocycles. The molecule has 0 unspecified atom stereocenters. The number of alkyl carbamates (subject to hydrolysis) is 1. The summed E-state index contributed by atoms with van der Waals surface area (Å²) in [4.78, 5) is 39.6. The number of ether oxygens (including phenoxy) is 2. The largest absolute Gasteiger partial charge is 0.480 e. The highest BCUT2D eigenvalue weighted by molar-refractivity contribution is 5.80. The van der Waals surface area contributed by atoms with Crippen LogP contribution in [0.3, 0.4) is 0 Å². The third-order valence-electron chi connectivity index (χ3n) is 3.80. The van der Waals surface area contributed by atoms with Crippen molar-refractivity contribution in [2.75, 3.05) is 0 Å². The van der Waals surface area contributed by atoms with E-state index in [0.717, 1.165) is 0 Å². The minimum atomic E-state index is -1.24. The number of nitrogens with zero attached hydrogens (tertiary/aromatic N) is 2. The average molecular weight is 397 g/mol. The van der Waals surface area contributed by atoms with Crippen LogP contribution in [0.2, 0.25) is 0 Å². The maximum Gasteiger partial charge on any atom is 0.419 e. The Morgan fingerprint density at radius 3 is 2.21 bits per heavy atom. The zero-order valence-electron chi connectivity index (χ0n) is 17.6. The number of aliphatic carboxylic acids is 1. The van der Waals surface area contributed by atoms with Gasteiger partial charge in [-0.05, 0) is 32.6 Å². The number of carboxylic acid groups (broad SMARTS) is 1. The number of aromatic nitrogens is 2. The molecule has 1 aromatic heterocycles. The van der Waals surface area contributed by atoms with Gasteiger partial charge < -0.3 is 19.9 Å². The number of carbonyl (C=O) groups is 3. The van der Waals surface area contributed by atoms with Crippen LogP contribution >= 0.6 is 0 Å². The molecule has 0 bridgehead atoms. The Hall–Kier alpha value is -2.58. The molecule has 1 atom stereocenters. The summed E-state index contributed by atoms with van der Waals surface area (Å²) in [7, 11) is 0. The van der Waals surface area contributed by atoms with Gasteiger partial charge in [-0.2, -0.15) is 0 Å². The van der Waals surface area contributed by atoms with Gasteiger partial charge in [-0.15, -0.1) is 0 Å². The molecular formula is C19H31N3O6. The second-order valence-electron chi connectivity index (χ2n) is 8.35. The fraction of sp³-hybridized carbons (Fsp3) is 0.684. The summed E-state index contributed by atoms with van der Waals surface area (Å²) in [5.74, 6) is -0.926. The van der Waals surface area contributed by atoms with Crippen molar-refractivity contribution < 1.29 is 29.0 Å². The van der Waals surface area contributed by atoms with Crippen LogP contribution in [0, 0.1) is 11.8 Å². The first-order valence-corrected chi connectivity index (χ1v) is 9.26. The Morgan fingerprint density at radius 1 is 1.18 bits per heavy atom. The molecular weight excluding hydrogens is 366 g/mol. The van der Waals surface area contributed by atoms with Crippen LogP contribution in [-0.4, -0.2) is 50.6 Å². The number of amides is 1. The Bertz CT molecular complexity index is 682. The monoisotopic (exact) mass is 397 g/mol. The van der Waals surface area contributed by atoms with Gasteiger partial charge in [0.2, 0.25) is 0 Å². The Kier molecular flexibility index (Phi) is 8.01. The summed E-state index contributed by atoms with van der Waals surface area (Å²) in [6, 6.07) is -1.24. The molecule has 1 amide bonds. The second kappa shape index (κ2) is 9.57. The smallest absolute Gasteiger partial charge is 0.419 e. The molecule has 0 saturated heterocycles. The number of nitrogens with one attached hydrogen (secondary N) is 1. The van der Waals surface area contributed by atoms with Crippen LogP contribution in [0.1, 0.15) is 54.2 Å². The molecule has 158 valence electrons. The predicted octanol–water partition coefficient (Wildman–Crippen LogP) is 3.07. The number of carboxylic acids is 1. The molecule has 0 spiro atoms. The van der Waals surface area contributed by atoms with Gasteiger partial charge in [0.25, 0.3) is 0 Å². The molecule has 9 heteroatoms. The lowest BCUT2D eigenvalue weighted by Gasteiger charge is -2.24. The van der Waals surface area contributed by atoms with E-state index in [2.05, 4.69) is 10.3 Å². The zero-order valence-corrected chi connectivity index (χ0v) is 17.6. The van der Waals surface area contributed by atoms with E-state index >= 15 is 0 Å². The third kappa shape index (κ3) is 7.58. The molecule has 0 aromatic carbocycles. The molecule has 0 aliphatic heterocycles. The van der Waals surface area contributed by atoms with Gasteiger partial charge in [0, 0.05) is 12.6 Å². The van der Waals surface area contributed by atoms with Crippen LogP contribution in [0.25, 0.3) is 0 Å². The SMILES string of the molecule is CC(C)C(OC(=O)n1cnc(C[C@H](NC(=O)OC(C)(C)C)C(=O)O)c1)C(C)C. The number of hydrogen-bond acceptors (Lipinski definition) is 6. The number of hydrogen-bond donors (Lipinski definition) is 2. The highest BCUT2D eigenvalue weighted by Crippen LogP contribution is 2.17. The van der Waals surface area contributed by atoms with E-state index in [9.17, 15) is 19.5 Å². The van der Waals surface area contributed by atoms with Gasteiger partial charge in [-0.1, -0.05) is 27.7 Å². The Morgan fingerprint density at radius 2 is 1.75 bits per heavy atom. The van der Waals surface area contributed by atoms with E-state index in [1.54, 1.807) is 20.8 Å². The molecule has 28 heavy (non-hydrogen) atoms. The van der Waals surface area contributed by atoms with Crippen molar-refractivity contribution in [2.45, 2.75) is 72.6 Å². The first kappa shape index (κ1) is 23.5. The average Bonchev–Trinajstić information content (AvgIpc) is 2.97. The summed E-state index contributed by atoms with van der Waals surface area (Å²) in [6.45, 7) is 12.9. The highest BCUT2D eigenvalue weighted by atomic mass is 16.6. The van der Waals surface area contributed by atoms with Crippen molar-refractivity contribution in [3.05, 3.63) is 18.2 Å². The van der Waals surface area contributed by atoms with Crippen molar-refractivity contribution in [2.24, 2.45) is 11.8 Å². The molecule has 9 nitrogen and oxygen atoms in total. The maximum absolute atomic E-state index is 12.3. The van der Waals surface area contributed by atoms with E-state index in [1.165, 1.54) is 17.1 Å². The van der Waals surface area contributed by atoms with Crippen molar-refractivity contribution in [1.29, 1.82) is 0 Å². The molecule has 1 rings (SSSR count). The van der Waals surface area contributed by atoms with Crippen molar-refractivity contribution in [3.8, 4) is 0 Å². The van der Waals surface area contributed by atoms with E-state index in [4.69, 9.17) is 9.47 Å². The second-order valence-corrected chi connectivity index (χ2v) is 8.35. The lowest BCUT2D eigenvalue weighted by Crippen LogP contribution is -2.44. The molecule has 0 aliphatic carbocycles. The summed E-state index contributed by atoms with van der Waals surface area (Å²) < 4.78 is 11.8. The van der Waals surface area contributed by atoms with Gasteiger partial charge in [0.05, 0.1) is 5.69 Å². The van der Waals surface area contributed by atoms with Gasteiger partial charge in [-0.3, -0.25) is 0 Å². The van der Waals surface area contributed by atoms with Gasteiger partial charge in [-0.25, -0.2) is 23.9 Å². The van der Waals surface area contributed by atoms with Gasteiger partial charge in [0.15, 0.2) is 0 Å². The van der Waals surface area contributed by atoms with Crippen LogP contribution in [0.5, 0.6) is 0 Å². The Labute approximate surface area is 165 Å². The van der Waals surface area contributed by atoms with E-state index < -0.39 is 29.8 Å². The normalized spacial score (nSPS) is 12.9. The van der Waals surface area contributed by atoms with Crippen molar-refractivity contribution >= 4 is 18.2 Å². The minimum absolute atomic E-state index is 0.105. The zero-order chi connectivity index (χ0) is 21.6. The fourth-order valence-electron chi connectivity index (χ4n) is 2.65. The summed E-state index contributed by atoms with van der Waals surface area (Å²) in [5, 5.41) is 11.6. The molecule has 0 fully saturated rings. The summed E-state index contributed by atoms with van der Waals surface area (Å²) >= 11 is 0. The first-order chi connectivity index (χ1) is 12.8.